The fraction of sp³-hybridized carbons (Fsp3) is 0.560. The molecule has 0 saturated carbocycles. The summed E-state index contributed by atoms with van der Waals surface area (Å²) in [7, 11) is 0. The number of carbonyl (C=O) groups is 7. The summed E-state index contributed by atoms with van der Waals surface area (Å²) in [5, 5.41) is 19.4. The Hall–Kier alpha value is -5.99. The van der Waals surface area contributed by atoms with E-state index in [2.05, 4.69) is 20.9 Å². The zero-order valence-electron chi connectivity index (χ0n) is 40.9. The zero-order chi connectivity index (χ0) is 51.0. The number of ether oxygens (including phenoxy) is 1. The number of thiazole rings is 1. The fourth-order valence-electron chi connectivity index (χ4n) is 9.50. The summed E-state index contributed by atoms with van der Waals surface area (Å²) >= 11 is 1.55. The first-order valence-electron chi connectivity index (χ1n) is 24.0. The van der Waals surface area contributed by atoms with Gasteiger partial charge >= 0.3 is 0 Å². The second-order valence-corrected chi connectivity index (χ2v) is 20.7. The van der Waals surface area contributed by atoms with Gasteiger partial charge < -0.3 is 52.0 Å². The number of hydrogen-bond acceptors (Lipinski definition) is 12. The van der Waals surface area contributed by atoms with Gasteiger partial charge in [-0.2, -0.15) is 0 Å². The minimum atomic E-state index is -1.04. The number of hydrogen-bond donors (Lipinski definition) is 6. The molecule has 20 heteroatoms. The van der Waals surface area contributed by atoms with Crippen LogP contribution in [-0.4, -0.2) is 135 Å². The summed E-state index contributed by atoms with van der Waals surface area (Å²) in [5.74, 6) is -3.84. The van der Waals surface area contributed by atoms with Crippen LogP contribution in [-0.2, 0) is 40.0 Å². The highest BCUT2D eigenvalue weighted by atomic mass is 32.1. The Bertz CT molecular complexity index is 2390. The molecular weight excluding hydrogens is 922 g/mol. The number of nitrogens with two attached hydrogens (primary N) is 2. The van der Waals surface area contributed by atoms with Gasteiger partial charge in [0.2, 0.25) is 41.4 Å². The number of likely N-dealkylation sites (tertiary alicyclic amines) is 1. The largest absolute Gasteiger partial charge is 0.488 e. The summed E-state index contributed by atoms with van der Waals surface area (Å²) in [4.78, 5) is 102. The third kappa shape index (κ3) is 13.2. The number of aryl methyl sites for hydroxylation is 2. The molecule has 1 aromatic heterocycles. The van der Waals surface area contributed by atoms with Crippen LogP contribution in [0.25, 0.3) is 10.4 Å². The number of nitrogens with one attached hydrogen (secondary N) is 3. The van der Waals surface area contributed by atoms with E-state index in [9.17, 15) is 38.7 Å². The molecule has 3 aliphatic heterocycles. The Labute approximate surface area is 412 Å². The third-order valence-electron chi connectivity index (χ3n) is 13.5. The number of benzene rings is 2. The lowest BCUT2D eigenvalue weighted by Gasteiger charge is -2.37. The van der Waals surface area contributed by atoms with E-state index in [0.29, 0.717) is 25.8 Å². The average molecular weight is 990 g/mol. The topological polar surface area (TPSA) is 260 Å². The maximum absolute atomic E-state index is 15.9. The van der Waals surface area contributed by atoms with Crippen LogP contribution in [0.3, 0.4) is 0 Å². The molecule has 1 unspecified atom stereocenters. The van der Waals surface area contributed by atoms with E-state index in [-0.39, 0.29) is 81.5 Å². The molecule has 8 N–H and O–H groups in total. The lowest BCUT2D eigenvalue weighted by atomic mass is 9.85. The number of β-amino-alcohol motifs (C(OH)–C–C–N with tert-alkyl or cyclic N) is 1. The number of primary amides is 1. The Balaban J connectivity index is 1.02. The molecule has 3 aliphatic rings. The van der Waals surface area contributed by atoms with E-state index in [1.165, 1.54) is 22.8 Å². The molecule has 6 rings (SSSR count). The smallest absolute Gasteiger partial charge is 0.246 e. The quantitative estimate of drug-likeness (QED) is 0.108. The predicted molar refractivity (Wildman–Crippen MR) is 260 cm³/mol. The molecule has 3 aromatic rings. The molecule has 8 atom stereocenters. The number of halogens is 1. The molecule has 7 amide bonds. The minimum Gasteiger partial charge on any atom is -0.488 e. The van der Waals surface area contributed by atoms with Crippen LogP contribution in [0.2, 0.25) is 0 Å². The second kappa shape index (κ2) is 23.3. The molecule has 0 aliphatic carbocycles. The average Bonchev–Trinajstić information content (AvgIpc) is 4.05. The van der Waals surface area contributed by atoms with Gasteiger partial charge in [0.15, 0.2) is 11.6 Å². The SMILES string of the molecule is CC(=O)N1CC[C@H]2CCC(C(=O)N[C@@H](CCC(N)=O)COc3cccc(CCCC(=O)N[C@H](C(=O)N4C[C@H](O)C[C@H]4C(=O)N[C@@H](C)c4ccc(-c5scnc5C)cc4)C(C)(C)C)c3F)N2C(=O)[C@@H](N)C1. The van der Waals surface area contributed by atoms with Crippen molar-refractivity contribution in [1.29, 1.82) is 0 Å². The van der Waals surface area contributed by atoms with Crippen LogP contribution < -0.4 is 32.2 Å². The van der Waals surface area contributed by atoms with E-state index in [1.54, 1.807) is 54.7 Å². The van der Waals surface area contributed by atoms with E-state index >= 15 is 4.39 Å². The maximum Gasteiger partial charge on any atom is 0.246 e. The monoisotopic (exact) mass is 989 g/mol. The van der Waals surface area contributed by atoms with E-state index < -0.39 is 89.0 Å². The van der Waals surface area contributed by atoms with Gasteiger partial charge in [-0.1, -0.05) is 57.2 Å². The molecule has 0 spiro atoms. The standard InChI is InChI=1S/C50H68FN9O9S/c1-28(31-13-15-33(16-14-31)44-29(2)54-27-70-44)55-47(66)39-23-36(62)24-59(39)49(68)45(50(4,5)6)57-42(64)12-8-10-32-9-7-11-40(43(32)51)69-26-34(17-20-41(53)63)56-46(65)38-19-18-35-21-22-58(30(3)61)25-37(52)48(67)60(35)38/h7,9,11,13-16,27-28,34-39,45,62H,8,10,12,17-26,52H2,1-6H3,(H2,53,63)(H,55,66)(H,56,65)(H,57,64)/t28-,34-,35+,36+,37-,38?,39-,45+/m0/s1. The predicted octanol–water partition coefficient (Wildman–Crippen LogP) is 3.02. The van der Waals surface area contributed by atoms with Crippen molar-refractivity contribution in [2.24, 2.45) is 16.9 Å². The number of aliphatic hydroxyl groups excluding tert-OH is 1. The van der Waals surface area contributed by atoms with Crippen molar-refractivity contribution in [2.45, 2.75) is 148 Å². The molecule has 4 heterocycles. The van der Waals surface area contributed by atoms with Crippen molar-refractivity contribution in [2.75, 3.05) is 26.2 Å². The Morgan fingerprint density at radius 1 is 0.971 bits per heavy atom. The molecule has 380 valence electrons. The fourth-order valence-corrected chi connectivity index (χ4v) is 10.3. The molecular formula is C50H68FN9O9S. The van der Waals surface area contributed by atoms with Crippen molar-refractivity contribution in [3.05, 3.63) is 70.6 Å². The highest BCUT2D eigenvalue weighted by molar-refractivity contribution is 7.13. The third-order valence-corrected chi connectivity index (χ3v) is 14.4. The highest BCUT2D eigenvalue weighted by Gasteiger charge is 2.46. The van der Waals surface area contributed by atoms with Gasteiger partial charge in [-0.25, -0.2) is 9.37 Å². The van der Waals surface area contributed by atoms with Gasteiger partial charge in [0.25, 0.3) is 0 Å². The van der Waals surface area contributed by atoms with Gasteiger partial charge in [0, 0.05) is 51.9 Å². The van der Waals surface area contributed by atoms with Crippen LogP contribution in [0.5, 0.6) is 5.75 Å². The summed E-state index contributed by atoms with van der Waals surface area (Å²) in [5.41, 5.74) is 15.7. The first-order chi connectivity index (χ1) is 33.1. The van der Waals surface area contributed by atoms with Crippen LogP contribution >= 0.6 is 11.3 Å². The summed E-state index contributed by atoms with van der Waals surface area (Å²) in [6, 6.07) is 7.10. The molecule has 0 radical (unpaired) electrons. The van der Waals surface area contributed by atoms with Crippen LogP contribution in [0.15, 0.2) is 48.0 Å². The minimum absolute atomic E-state index is 0.0386. The van der Waals surface area contributed by atoms with E-state index in [0.717, 1.165) is 21.7 Å². The van der Waals surface area contributed by atoms with Crippen molar-refractivity contribution in [3.63, 3.8) is 0 Å². The molecule has 3 saturated heterocycles. The van der Waals surface area contributed by atoms with Crippen LogP contribution in [0.1, 0.15) is 109 Å². The summed E-state index contributed by atoms with van der Waals surface area (Å²) in [6.45, 7) is 10.7. The first-order valence-corrected chi connectivity index (χ1v) is 24.9. The second-order valence-electron chi connectivity index (χ2n) is 19.8. The number of rotatable bonds is 18. The van der Waals surface area contributed by atoms with Crippen molar-refractivity contribution < 1.29 is 47.8 Å². The summed E-state index contributed by atoms with van der Waals surface area (Å²) < 4.78 is 21.8. The van der Waals surface area contributed by atoms with Crippen LogP contribution in [0, 0.1) is 18.2 Å². The van der Waals surface area contributed by atoms with Gasteiger partial charge in [0.05, 0.1) is 34.3 Å². The maximum atomic E-state index is 15.9. The number of nitrogens with zero attached hydrogens (tertiary/aromatic N) is 4. The molecule has 70 heavy (non-hydrogen) atoms. The summed E-state index contributed by atoms with van der Waals surface area (Å²) in [6.07, 6.45) is 0.777. The molecule has 3 fully saturated rings. The highest BCUT2D eigenvalue weighted by Crippen LogP contribution is 2.32. The first kappa shape index (κ1) is 53.4. The Morgan fingerprint density at radius 3 is 2.34 bits per heavy atom. The molecule has 2 aromatic carbocycles. The number of aromatic nitrogens is 1. The lowest BCUT2D eigenvalue weighted by Crippen LogP contribution is -2.59. The molecule has 18 nitrogen and oxygen atoms in total. The Morgan fingerprint density at radius 2 is 1.69 bits per heavy atom. The Kier molecular flexibility index (Phi) is 17.7. The van der Waals surface area contributed by atoms with E-state index in [4.69, 9.17) is 16.2 Å². The number of carbonyl (C=O) groups excluding carboxylic acids is 7. The van der Waals surface area contributed by atoms with Gasteiger partial charge in [-0.3, -0.25) is 33.6 Å². The number of amides is 7. The van der Waals surface area contributed by atoms with Crippen molar-refractivity contribution in [1.82, 2.24) is 35.6 Å². The van der Waals surface area contributed by atoms with Gasteiger partial charge in [0.1, 0.15) is 30.8 Å². The van der Waals surface area contributed by atoms with E-state index in [1.807, 2.05) is 38.1 Å². The normalized spacial score (nSPS) is 21.8. The number of fused-ring (bicyclic) bond motifs is 1. The molecule has 0 bridgehead atoms. The van der Waals surface area contributed by atoms with Crippen molar-refractivity contribution >= 4 is 52.7 Å². The number of aliphatic hydroxyl groups is 1. The zero-order valence-corrected chi connectivity index (χ0v) is 41.7. The van der Waals surface area contributed by atoms with Gasteiger partial charge in [-0.05, 0) is 80.5 Å². The lowest BCUT2D eigenvalue weighted by molar-refractivity contribution is -0.144. The van der Waals surface area contributed by atoms with Gasteiger partial charge in [-0.15, -0.1) is 11.3 Å². The van der Waals surface area contributed by atoms with Crippen molar-refractivity contribution in [3.8, 4) is 16.2 Å². The van der Waals surface area contributed by atoms with Crippen LogP contribution in [0.4, 0.5) is 4.39 Å².